The van der Waals surface area contributed by atoms with E-state index in [0.717, 1.165) is 18.0 Å². The van der Waals surface area contributed by atoms with E-state index < -0.39 is 0 Å². The molecule has 0 saturated carbocycles. The van der Waals surface area contributed by atoms with Crippen LogP contribution >= 0.6 is 11.6 Å². The second kappa shape index (κ2) is 3.50. The molecule has 2 rings (SSSR count). The van der Waals surface area contributed by atoms with Gasteiger partial charge in [0.1, 0.15) is 0 Å². The molecule has 3 nitrogen and oxygen atoms in total. The van der Waals surface area contributed by atoms with Crippen molar-refractivity contribution in [2.24, 2.45) is 5.73 Å². The quantitative estimate of drug-likeness (QED) is 0.504. The number of guanidine groups is 1. The Balaban J connectivity index is 2.29. The summed E-state index contributed by atoms with van der Waals surface area (Å²) in [5.74, 6) is 0.135. The van der Waals surface area contributed by atoms with E-state index in [0.29, 0.717) is 6.54 Å². The van der Waals surface area contributed by atoms with E-state index in [1.54, 1.807) is 0 Å². The normalized spacial score (nSPS) is 15.1. The maximum Gasteiger partial charge on any atom is 0.188 e. The first-order valence-corrected chi connectivity index (χ1v) is 4.91. The molecule has 0 spiro atoms. The van der Waals surface area contributed by atoms with E-state index in [4.69, 9.17) is 22.7 Å². The molecule has 0 atom stereocenters. The van der Waals surface area contributed by atoms with Crippen LogP contribution in [0.1, 0.15) is 11.1 Å². The van der Waals surface area contributed by atoms with Crippen LogP contribution < -0.4 is 5.73 Å². The number of halogens is 1. The minimum atomic E-state index is 0.135. The highest BCUT2D eigenvalue weighted by molar-refractivity contribution is 6.30. The Morgan fingerprint density at radius 1 is 1.43 bits per heavy atom. The zero-order valence-corrected chi connectivity index (χ0v) is 8.51. The summed E-state index contributed by atoms with van der Waals surface area (Å²) in [6, 6.07) is 5.91. The summed E-state index contributed by atoms with van der Waals surface area (Å²) in [7, 11) is 0. The van der Waals surface area contributed by atoms with Gasteiger partial charge in [-0.05, 0) is 29.7 Å². The summed E-state index contributed by atoms with van der Waals surface area (Å²) in [5, 5.41) is 8.10. The molecule has 0 amide bonds. The van der Waals surface area contributed by atoms with Crippen LogP contribution in [0.2, 0.25) is 5.02 Å². The van der Waals surface area contributed by atoms with Crippen LogP contribution in [0, 0.1) is 5.41 Å². The Kier molecular flexibility index (Phi) is 2.33. The Morgan fingerprint density at radius 2 is 2.21 bits per heavy atom. The molecule has 1 aliphatic rings. The zero-order valence-electron chi connectivity index (χ0n) is 7.76. The van der Waals surface area contributed by atoms with E-state index >= 15 is 0 Å². The summed E-state index contributed by atoms with van der Waals surface area (Å²) in [6.45, 7) is 1.52. The standard InChI is InChI=1S/C10H12ClN3/c11-9-2-1-7-3-4-14(10(12)13)6-8(7)5-9/h1-2,5H,3-4,6H2,(H3,12,13). The average molecular weight is 210 g/mol. The fraction of sp³-hybridized carbons (Fsp3) is 0.300. The van der Waals surface area contributed by atoms with E-state index in [2.05, 4.69) is 6.07 Å². The van der Waals surface area contributed by atoms with Gasteiger partial charge >= 0.3 is 0 Å². The van der Waals surface area contributed by atoms with Crippen molar-refractivity contribution in [2.45, 2.75) is 13.0 Å². The van der Waals surface area contributed by atoms with Crippen LogP contribution in [-0.4, -0.2) is 17.4 Å². The average Bonchev–Trinajstić information content (AvgIpc) is 2.16. The van der Waals surface area contributed by atoms with Crippen LogP contribution in [0.4, 0.5) is 0 Å². The molecule has 14 heavy (non-hydrogen) atoms. The number of benzene rings is 1. The summed E-state index contributed by atoms with van der Waals surface area (Å²) >= 11 is 5.90. The SMILES string of the molecule is N=C(N)N1CCc2ccc(Cl)cc2C1. The second-order valence-corrected chi connectivity index (χ2v) is 3.91. The van der Waals surface area contributed by atoms with Gasteiger partial charge in [0.15, 0.2) is 5.96 Å². The number of nitrogens with zero attached hydrogens (tertiary/aromatic N) is 1. The Labute approximate surface area is 88.0 Å². The van der Waals surface area contributed by atoms with E-state index in [-0.39, 0.29) is 5.96 Å². The number of hydrogen-bond donors (Lipinski definition) is 2. The Hall–Kier alpha value is -1.22. The molecule has 74 valence electrons. The third kappa shape index (κ3) is 1.68. The van der Waals surface area contributed by atoms with Gasteiger partial charge in [-0.1, -0.05) is 17.7 Å². The van der Waals surface area contributed by atoms with Crippen molar-refractivity contribution in [2.75, 3.05) is 6.54 Å². The summed E-state index contributed by atoms with van der Waals surface area (Å²) in [4.78, 5) is 1.85. The first-order valence-electron chi connectivity index (χ1n) is 4.53. The summed E-state index contributed by atoms with van der Waals surface area (Å²) in [5.41, 5.74) is 7.93. The minimum absolute atomic E-state index is 0.135. The van der Waals surface area contributed by atoms with Crippen LogP contribution in [0.25, 0.3) is 0 Å². The topological polar surface area (TPSA) is 53.1 Å². The molecule has 0 bridgehead atoms. The highest BCUT2D eigenvalue weighted by atomic mass is 35.5. The Bertz CT molecular complexity index is 376. The molecule has 0 fully saturated rings. The third-order valence-corrected chi connectivity index (χ3v) is 2.76. The zero-order chi connectivity index (χ0) is 10.1. The van der Waals surface area contributed by atoms with E-state index in [1.165, 1.54) is 11.1 Å². The lowest BCUT2D eigenvalue weighted by atomic mass is 10.0. The first kappa shape index (κ1) is 9.34. The molecule has 1 aromatic carbocycles. The predicted octanol–water partition coefficient (Wildman–Crippen LogP) is 1.59. The van der Waals surface area contributed by atoms with Crippen molar-refractivity contribution < 1.29 is 0 Å². The van der Waals surface area contributed by atoms with Gasteiger partial charge in [-0.15, -0.1) is 0 Å². The highest BCUT2D eigenvalue weighted by Crippen LogP contribution is 2.22. The number of nitrogens with one attached hydrogen (secondary N) is 1. The number of nitrogens with two attached hydrogens (primary N) is 1. The molecule has 4 heteroatoms. The van der Waals surface area contributed by atoms with Gasteiger partial charge in [-0.2, -0.15) is 0 Å². The maximum absolute atomic E-state index is 7.35. The molecule has 1 heterocycles. The lowest BCUT2D eigenvalue weighted by molar-refractivity contribution is 0.387. The molecule has 0 saturated heterocycles. The molecular weight excluding hydrogens is 198 g/mol. The highest BCUT2D eigenvalue weighted by Gasteiger charge is 2.16. The molecule has 1 aromatic rings. The van der Waals surface area contributed by atoms with Gasteiger partial charge in [-0.25, -0.2) is 0 Å². The molecule has 0 unspecified atom stereocenters. The molecule has 0 aromatic heterocycles. The van der Waals surface area contributed by atoms with Crippen LogP contribution in [-0.2, 0) is 13.0 Å². The second-order valence-electron chi connectivity index (χ2n) is 3.47. The van der Waals surface area contributed by atoms with E-state index in [9.17, 15) is 0 Å². The Morgan fingerprint density at radius 3 is 2.93 bits per heavy atom. The van der Waals surface area contributed by atoms with Crippen molar-refractivity contribution >= 4 is 17.6 Å². The van der Waals surface area contributed by atoms with Crippen LogP contribution in [0.3, 0.4) is 0 Å². The number of rotatable bonds is 0. The van der Waals surface area contributed by atoms with Crippen molar-refractivity contribution in [1.82, 2.24) is 4.90 Å². The van der Waals surface area contributed by atoms with Gasteiger partial charge in [0.05, 0.1) is 0 Å². The predicted molar refractivity (Wildman–Crippen MR) is 57.5 cm³/mol. The molecule has 3 N–H and O–H groups in total. The monoisotopic (exact) mass is 209 g/mol. The third-order valence-electron chi connectivity index (χ3n) is 2.52. The minimum Gasteiger partial charge on any atom is -0.370 e. The van der Waals surface area contributed by atoms with Crippen molar-refractivity contribution in [3.8, 4) is 0 Å². The molecule has 0 radical (unpaired) electrons. The number of fused-ring (bicyclic) bond motifs is 1. The lowest BCUT2D eigenvalue weighted by Gasteiger charge is -2.28. The van der Waals surface area contributed by atoms with Crippen LogP contribution in [0.5, 0.6) is 0 Å². The smallest absolute Gasteiger partial charge is 0.188 e. The van der Waals surface area contributed by atoms with Gasteiger partial charge in [0.25, 0.3) is 0 Å². The molecular formula is C10H12ClN3. The first-order chi connectivity index (χ1) is 6.66. The lowest BCUT2D eigenvalue weighted by Crippen LogP contribution is -2.40. The fourth-order valence-corrected chi connectivity index (χ4v) is 1.93. The summed E-state index contributed by atoms with van der Waals surface area (Å²) < 4.78 is 0. The van der Waals surface area contributed by atoms with Gasteiger partial charge in [0.2, 0.25) is 0 Å². The van der Waals surface area contributed by atoms with Gasteiger partial charge < -0.3 is 10.6 Å². The van der Waals surface area contributed by atoms with Crippen LogP contribution in [0.15, 0.2) is 18.2 Å². The number of hydrogen-bond acceptors (Lipinski definition) is 1. The van der Waals surface area contributed by atoms with Crippen molar-refractivity contribution in [3.63, 3.8) is 0 Å². The van der Waals surface area contributed by atoms with E-state index in [1.807, 2.05) is 17.0 Å². The summed E-state index contributed by atoms with van der Waals surface area (Å²) in [6.07, 6.45) is 0.937. The van der Waals surface area contributed by atoms with Gasteiger partial charge in [-0.3, -0.25) is 5.41 Å². The largest absolute Gasteiger partial charge is 0.370 e. The fourth-order valence-electron chi connectivity index (χ4n) is 1.73. The maximum atomic E-state index is 7.35. The molecule has 1 aliphatic heterocycles. The van der Waals surface area contributed by atoms with Gasteiger partial charge in [0, 0.05) is 18.1 Å². The van der Waals surface area contributed by atoms with Crippen molar-refractivity contribution in [1.29, 1.82) is 5.41 Å². The molecule has 0 aliphatic carbocycles. The van der Waals surface area contributed by atoms with Crippen molar-refractivity contribution in [3.05, 3.63) is 34.3 Å².